The van der Waals surface area contributed by atoms with Gasteiger partial charge in [-0.15, -0.1) is 0 Å². The highest BCUT2D eigenvalue weighted by atomic mass is 16.2. The van der Waals surface area contributed by atoms with Gasteiger partial charge in [0.05, 0.1) is 6.04 Å². The summed E-state index contributed by atoms with van der Waals surface area (Å²) in [7, 11) is 0. The normalized spacial score (nSPS) is 16.8. The maximum Gasteiger partial charge on any atom is 0.319 e. The van der Waals surface area contributed by atoms with Crippen LogP contribution in [-0.4, -0.2) is 24.5 Å². The zero-order valence-corrected chi connectivity index (χ0v) is 14.8. The molecule has 0 aliphatic carbocycles. The summed E-state index contributed by atoms with van der Waals surface area (Å²) in [5, 5.41) is 5.71. The first kappa shape index (κ1) is 17.0. The van der Waals surface area contributed by atoms with Gasteiger partial charge >= 0.3 is 6.03 Å². The Morgan fingerprint density at radius 3 is 2.60 bits per heavy atom. The van der Waals surface area contributed by atoms with Crippen molar-refractivity contribution < 1.29 is 9.59 Å². The van der Waals surface area contributed by atoms with Crippen molar-refractivity contribution in [2.45, 2.75) is 33.2 Å². The van der Waals surface area contributed by atoms with Crippen molar-refractivity contribution in [1.82, 2.24) is 5.32 Å². The highest BCUT2D eigenvalue weighted by molar-refractivity contribution is 5.97. The van der Waals surface area contributed by atoms with Gasteiger partial charge in [-0.2, -0.15) is 0 Å². The molecule has 1 aliphatic heterocycles. The average molecular weight is 337 g/mol. The summed E-state index contributed by atoms with van der Waals surface area (Å²) in [6.07, 6.45) is 0.314. The SMILES string of the molecule is Cc1cccc(NC(=O)N[C@H]2CC(=O)N(c3ccc(C)c(C)c3)C2)c1. The molecule has 5 nitrogen and oxygen atoms in total. The molecular formula is C20H23N3O2. The van der Waals surface area contributed by atoms with Crippen molar-refractivity contribution in [3.63, 3.8) is 0 Å². The van der Waals surface area contributed by atoms with E-state index in [4.69, 9.17) is 0 Å². The Bertz CT molecular complexity index is 816. The Morgan fingerprint density at radius 1 is 1.08 bits per heavy atom. The number of carbonyl (C=O) groups is 2. The van der Waals surface area contributed by atoms with Crippen LogP contribution in [0.3, 0.4) is 0 Å². The summed E-state index contributed by atoms with van der Waals surface area (Å²) in [5.74, 6) is 0.0316. The van der Waals surface area contributed by atoms with Crippen LogP contribution in [0.15, 0.2) is 42.5 Å². The standard InChI is InChI=1S/C20H23N3O2/c1-13-5-4-6-16(9-13)21-20(25)22-17-11-19(24)23(12-17)18-8-7-14(2)15(3)10-18/h4-10,17H,11-12H2,1-3H3,(H2,21,22,25)/t17-/m0/s1. The Labute approximate surface area is 148 Å². The maximum atomic E-state index is 12.3. The van der Waals surface area contributed by atoms with Crippen LogP contribution in [0.1, 0.15) is 23.1 Å². The zero-order valence-electron chi connectivity index (χ0n) is 14.8. The minimum atomic E-state index is -0.287. The smallest absolute Gasteiger partial charge is 0.319 e. The quantitative estimate of drug-likeness (QED) is 0.900. The number of hydrogen-bond acceptors (Lipinski definition) is 2. The molecule has 2 aromatic rings. The van der Waals surface area contributed by atoms with Gasteiger partial charge < -0.3 is 15.5 Å². The van der Waals surface area contributed by atoms with E-state index >= 15 is 0 Å². The van der Waals surface area contributed by atoms with E-state index in [9.17, 15) is 9.59 Å². The van der Waals surface area contributed by atoms with Crippen molar-refractivity contribution in [3.05, 3.63) is 59.2 Å². The molecule has 1 saturated heterocycles. The molecule has 5 heteroatoms. The molecule has 0 radical (unpaired) electrons. The molecular weight excluding hydrogens is 314 g/mol. The molecule has 2 aromatic carbocycles. The van der Waals surface area contributed by atoms with Crippen LogP contribution < -0.4 is 15.5 Å². The molecule has 130 valence electrons. The van der Waals surface area contributed by atoms with Crippen LogP contribution in [-0.2, 0) is 4.79 Å². The predicted octanol–water partition coefficient (Wildman–Crippen LogP) is 3.54. The minimum Gasteiger partial charge on any atom is -0.333 e. The largest absolute Gasteiger partial charge is 0.333 e. The molecule has 25 heavy (non-hydrogen) atoms. The lowest BCUT2D eigenvalue weighted by Crippen LogP contribution is -2.39. The highest BCUT2D eigenvalue weighted by Crippen LogP contribution is 2.24. The fourth-order valence-corrected chi connectivity index (χ4v) is 3.02. The number of aryl methyl sites for hydroxylation is 3. The minimum absolute atomic E-state index is 0.0316. The number of rotatable bonds is 3. The Morgan fingerprint density at radius 2 is 1.88 bits per heavy atom. The van der Waals surface area contributed by atoms with Gasteiger partial charge in [-0.3, -0.25) is 4.79 Å². The lowest BCUT2D eigenvalue weighted by molar-refractivity contribution is -0.117. The molecule has 0 unspecified atom stereocenters. The van der Waals surface area contributed by atoms with E-state index in [1.54, 1.807) is 4.90 Å². The first-order valence-corrected chi connectivity index (χ1v) is 8.44. The molecule has 3 rings (SSSR count). The molecule has 3 amide bonds. The number of carbonyl (C=O) groups excluding carboxylic acids is 2. The van der Waals surface area contributed by atoms with Gasteiger partial charge in [0.15, 0.2) is 0 Å². The fraction of sp³-hybridized carbons (Fsp3) is 0.300. The van der Waals surface area contributed by atoms with Crippen LogP contribution in [0.2, 0.25) is 0 Å². The third kappa shape index (κ3) is 3.99. The van der Waals surface area contributed by atoms with Crippen LogP contribution in [0.25, 0.3) is 0 Å². The Kier molecular flexibility index (Phi) is 4.74. The van der Waals surface area contributed by atoms with Gasteiger partial charge in [-0.05, 0) is 61.7 Å². The van der Waals surface area contributed by atoms with Crippen molar-refractivity contribution in [1.29, 1.82) is 0 Å². The van der Waals surface area contributed by atoms with E-state index < -0.39 is 0 Å². The Hall–Kier alpha value is -2.82. The second-order valence-electron chi connectivity index (χ2n) is 6.64. The van der Waals surface area contributed by atoms with E-state index in [0.29, 0.717) is 13.0 Å². The van der Waals surface area contributed by atoms with Crippen LogP contribution in [0.5, 0.6) is 0 Å². The molecule has 1 fully saturated rings. The summed E-state index contributed by atoms with van der Waals surface area (Å²) in [5.41, 5.74) is 5.06. The summed E-state index contributed by atoms with van der Waals surface area (Å²) < 4.78 is 0. The molecule has 0 bridgehead atoms. The predicted molar refractivity (Wildman–Crippen MR) is 100 cm³/mol. The number of amides is 3. The molecule has 0 saturated carbocycles. The number of anilines is 2. The van der Waals surface area contributed by atoms with Crippen LogP contribution in [0.4, 0.5) is 16.2 Å². The van der Waals surface area contributed by atoms with Crippen LogP contribution in [0, 0.1) is 20.8 Å². The maximum absolute atomic E-state index is 12.3. The molecule has 1 heterocycles. The average Bonchev–Trinajstić information content (AvgIpc) is 2.90. The lowest BCUT2D eigenvalue weighted by atomic mass is 10.1. The number of nitrogens with zero attached hydrogens (tertiary/aromatic N) is 1. The second-order valence-corrected chi connectivity index (χ2v) is 6.64. The van der Waals surface area contributed by atoms with Crippen molar-refractivity contribution in [3.8, 4) is 0 Å². The summed E-state index contributed by atoms with van der Waals surface area (Å²) >= 11 is 0. The fourth-order valence-electron chi connectivity index (χ4n) is 3.02. The number of urea groups is 1. The van der Waals surface area contributed by atoms with Gasteiger partial charge in [0.1, 0.15) is 0 Å². The van der Waals surface area contributed by atoms with Gasteiger partial charge in [0.2, 0.25) is 5.91 Å². The second kappa shape index (κ2) is 6.97. The van der Waals surface area contributed by atoms with E-state index in [1.807, 2.05) is 63.2 Å². The number of benzene rings is 2. The summed E-state index contributed by atoms with van der Waals surface area (Å²) in [6.45, 7) is 6.54. The van der Waals surface area contributed by atoms with Crippen molar-refractivity contribution in [2.24, 2.45) is 0 Å². The first-order chi connectivity index (χ1) is 11.9. The van der Waals surface area contributed by atoms with Crippen molar-refractivity contribution in [2.75, 3.05) is 16.8 Å². The van der Waals surface area contributed by atoms with E-state index in [-0.39, 0.29) is 18.0 Å². The van der Waals surface area contributed by atoms with Gasteiger partial charge in [0.25, 0.3) is 0 Å². The molecule has 1 aliphatic rings. The lowest BCUT2D eigenvalue weighted by Gasteiger charge is -2.18. The van der Waals surface area contributed by atoms with Gasteiger partial charge in [-0.25, -0.2) is 4.79 Å². The van der Waals surface area contributed by atoms with Gasteiger partial charge in [-0.1, -0.05) is 18.2 Å². The molecule has 2 N–H and O–H groups in total. The monoisotopic (exact) mass is 337 g/mol. The molecule has 0 aromatic heterocycles. The summed E-state index contributed by atoms with van der Waals surface area (Å²) in [6, 6.07) is 13.1. The topological polar surface area (TPSA) is 61.4 Å². The van der Waals surface area contributed by atoms with E-state index in [2.05, 4.69) is 10.6 Å². The third-order valence-corrected chi connectivity index (χ3v) is 4.54. The number of nitrogens with one attached hydrogen (secondary N) is 2. The van der Waals surface area contributed by atoms with Crippen molar-refractivity contribution >= 4 is 23.3 Å². The molecule has 0 spiro atoms. The van der Waals surface area contributed by atoms with Crippen LogP contribution >= 0.6 is 0 Å². The van der Waals surface area contributed by atoms with E-state index in [0.717, 1.165) is 22.5 Å². The zero-order chi connectivity index (χ0) is 18.0. The number of hydrogen-bond donors (Lipinski definition) is 2. The third-order valence-electron chi connectivity index (χ3n) is 4.54. The Balaban J connectivity index is 1.62. The molecule has 1 atom stereocenters. The highest BCUT2D eigenvalue weighted by Gasteiger charge is 2.31. The summed E-state index contributed by atoms with van der Waals surface area (Å²) in [4.78, 5) is 26.2. The first-order valence-electron chi connectivity index (χ1n) is 8.44. The van der Waals surface area contributed by atoms with Gasteiger partial charge in [0, 0.05) is 24.3 Å². The van der Waals surface area contributed by atoms with E-state index in [1.165, 1.54) is 5.56 Å².